The minimum Gasteiger partial charge on any atom is -0.379 e. The fraction of sp³-hybridized carbons (Fsp3) is 0.636. The Morgan fingerprint density at radius 2 is 2.41 bits per heavy atom. The van der Waals surface area contributed by atoms with Crippen molar-refractivity contribution in [2.75, 3.05) is 12.4 Å². The SMILES string of the molecule is CO[C@@H]1CCC[C@@H]1NC(=O)Nc1ccnn1C. The van der Waals surface area contributed by atoms with Crippen LogP contribution in [0.2, 0.25) is 0 Å². The third-order valence-corrected chi connectivity index (χ3v) is 3.13. The second-order valence-electron chi connectivity index (χ2n) is 4.25. The van der Waals surface area contributed by atoms with Gasteiger partial charge in [0.2, 0.25) is 0 Å². The zero-order chi connectivity index (χ0) is 12.3. The zero-order valence-corrected chi connectivity index (χ0v) is 10.1. The average Bonchev–Trinajstić information content (AvgIpc) is 2.89. The smallest absolute Gasteiger partial charge is 0.320 e. The second-order valence-corrected chi connectivity index (χ2v) is 4.25. The van der Waals surface area contributed by atoms with Crippen molar-refractivity contribution in [1.29, 1.82) is 0 Å². The lowest BCUT2D eigenvalue weighted by molar-refractivity contribution is 0.0882. The summed E-state index contributed by atoms with van der Waals surface area (Å²) in [5.74, 6) is 0.675. The van der Waals surface area contributed by atoms with E-state index in [9.17, 15) is 4.79 Å². The number of nitrogens with zero attached hydrogens (tertiary/aromatic N) is 2. The van der Waals surface area contributed by atoms with Gasteiger partial charge in [-0.3, -0.25) is 10.00 Å². The number of urea groups is 1. The number of carbonyl (C=O) groups is 1. The quantitative estimate of drug-likeness (QED) is 0.828. The number of hydrogen-bond acceptors (Lipinski definition) is 3. The highest BCUT2D eigenvalue weighted by molar-refractivity contribution is 5.88. The molecule has 2 amide bonds. The number of anilines is 1. The van der Waals surface area contributed by atoms with Crippen molar-refractivity contribution >= 4 is 11.8 Å². The topological polar surface area (TPSA) is 68.2 Å². The molecule has 0 spiro atoms. The van der Waals surface area contributed by atoms with Crippen LogP contribution in [0.3, 0.4) is 0 Å². The molecule has 1 aromatic heterocycles. The first-order chi connectivity index (χ1) is 8.20. The van der Waals surface area contributed by atoms with Crippen LogP contribution >= 0.6 is 0 Å². The normalized spacial score (nSPS) is 23.6. The van der Waals surface area contributed by atoms with Gasteiger partial charge < -0.3 is 10.1 Å². The molecular weight excluding hydrogens is 220 g/mol. The minimum absolute atomic E-state index is 0.105. The lowest BCUT2D eigenvalue weighted by Crippen LogP contribution is -2.43. The molecule has 0 aliphatic heterocycles. The molecule has 2 atom stereocenters. The third-order valence-electron chi connectivity index (χ3n) is 3.13. The van der Waals surface area contributed by atoms with Gasteiger partial charge in [0.1, 0.15) is 5.82 Å². The van der Waals surface area contributed by atoms with Crippen LogP contribution in [-0.2, 0) is 11.8 Å². The van der Waals surface area contributed by atoms with E-state index in [0.717, 1.165) is 19.3 Å². The largest absolute Gasteiger partial charge is 0.379 e. The number of ether oxygens (including phenoxy) is 1. The van der Waals surface area contributed by atoms with Gasteiger partial charge in [0, 0.05) is 20.2 Å². The first-order valence-electron chi connectivity index (χ1n) is 5.79. The number of nitrogens with one attached hydrogen (secondary N) is 2. The van der Waals surface area contributed by atoms with E-state index in [4.69, 9.17) is 4.74 Å². The molecule has 1 aliphatic carbocycles. The van der Waals surface area contributed by atoms with E-state index in [1.165, 1.54) is 0 Å². The highest BCUT2D eigenvalue weighted by Gasteiger charge is 2.28. The van der Waals surface area contributed by atoms with Crippen LogP contribution in [0.4, 0.5) is 10.6 Å². The number of rotatable bonds is 3. The third kappa shape index (κ3) is 2.76. The summed E-state index contributed by atoms with van der Waals surface area (Å²) in [5.41, 5.74) is 0. The maximum atomic E-state index is 11.8. The molecule has 17 heavy (non-hydrogen) atoms. The summed E-state index contributed by atoms with van der Waals surface area (Å²) in [6.07, 6.45) is 4.84. The fourth-order valence-electron chi connectivity index (χ4n) is 2.19. The number of hydrogen-bond donors (Lipinski definition) is 2. The molecular formula is C11H18N4O2. The number of aryl methyl sites for hydroxylation is 1. The van der Waals surface area contributed by atoms with E-state index >= 15 is 0 Å². The predicted octanol–water partition coefficient (Wildman–Crippen LogP) is 1.11. The maximum absolute atomic E-state index is 11.8. The predicted molar refractivity (Wildman–Crippen MR) is 63.8 cm³/mol. The molecule has 0 saturated heterocycles. The van der Waals surface area contributed by atoms with Crippen LogP contribution in [-0.4, -0.2) is 35.1 Å². The fourth-order valence-corrected chi connectivity index (χ4v) is 2.19. The Morgan fingerprint density at radius 1 is 1.59 bits per heavy atom. The van der Waals surface area contributed by atoms with Gasteiger partial charge in [-0.15, -0.1) is 0 Å². The van der Waals surface area contributed by atoms with Crippen molar-refractivity contribution in [3.05, 3.63) is 12.3 Å². The molecule has 0 aromatic carbocycles. The second kappa shape index (κ2) is 5.18. The lowest BCUT2D eigenvalue weighted by atomic mass is 10.2. The summed E-state index contributed by atoms with van der Waals surface area (Å²) in [7, 11) is 3.47. The molecule has 2 rings (SSSR count). The minimum atomic E-state index is -0.206. The zero-order valence-electron chi connectivity index (χ0n) is 10.1. The van der Waals surface area contributed by atoms with E-state index in [0.29, 0.717) is 5.82 Å². The van der Waals surface area contributed by atoms with Crippen molar-refractivity contribution < 1.29 is 9.53 Å². The van der Waals surface area contributed by atoms with E-state index in [-0.39, 0.29) is 18.2 Å². The van der Waals surface area contributed by atoms with Gasteiger partial charge in [0.15, 0.2) is 0 Å². The molecule has 0 unspecified atom stereocenters. The molecule has 1 saturated carbocycles. The van der Waals surface area contributed by atoms with Crippen LogP contribution in [0.5, 0.6) is 0 Å². The lowest BCUT2D eigenvalue weighted by Gasteiger charge is -2.19. The monoisotopic (exact) mass is 238 g/mol. The van der Waals surface area contributed by atoms with Crippen molar-refractivity contribution in [1.82, 2.24) is 15.1 Å². The summed E-state index contributed by atoms with van der Waals surface area (Å²) < 4.78 is 6.94. The Hall–Kier alpha value is -1.56. The van der Waals surface area contributed by atoms with Crippen molar-refractivity contribution in [2.45, 2.75) is 31.4 Å². The van der Waals surface area contributed by atoms with Crippen molar-refractivity contribution in [2.24, 2.45) is 7.05 Å². The van der Waals surface area contributed by atoms with E-state index < -0.39 is 0 Å². The van der Waals surface area contributed by atoms with Gasteiger partial charge in [-0.2, -0.15) is 5.10 Å². The van der Waals surface area contributed by atoms with Crippen molar-refractivity contribution in [3.63, 3.8) is 0 Å². The molecule has 6 nitrogen and oxygen atoms in total. The van der Waals surface area contributed by atoms with Gasteiger partial charge in [0.05, 0.1) is 18.3 Å². The van der Waals surface area contributed by atoms with Gasteiger partial charge in [-0.25, -0.2) is 4.79 Å². The van der Waals surface area contributed by atoms with E-state index in [2.05, 4.69) is 15.7 Å². The Morgan fingerprint density at radius 3 is 3.06 bits per heavy atom. The Labute approximate surface area is 100 Å². The summed E-state index contributed by atoms with van der Waals surface area (Å²) in [6.45, 7) is 0. The van der Waals surface area contributed by atoms with Gasteiger partial charge in [-0.1, -0.05) is 0 Å². The number of carbonyl (C=O) groups excluding carboxylic acids is 1. The number of amides is 2. The Balaban J connectivity index is 1.87. The van der Waals surface area contributed by atoms with Crippen LogP contribution in [0.25, 0.3) is 0 Å². The van der Waals surface area contributed by atoms with Gasteiger partial charge >= 0.3 is 6.03 Å². The standard InChI is InChI=1S/C11H18N4O2/c1-15-10(6-7-12-15)14-11(16)13-8-4-3-5-9(8)17-2/h6-9H,3-5H2,1-2H3,(H2,13,14,16)/t8-,9+/m0/s1. The molecule has 1 aromatic rings. The molecule has 94 valence electrons. The Bertz CT molecular complexity index is 391. The molecule has 1 heterocycles. The maximum Gasteiger partial charge on any atom is 0.320 e. The van der Waals surface area contributed by atoms with Gasteiger partial charge in [-0.05, 0) is 19.3 Å². The molecule has 6 heteroatoms. The van der Waals surface area contributed by atoms with E-state index in [1.54, 1.807) is 31.1 Å². The molecule has 1 fully saturated rings. The summed E-state index contributed by atoms with van der Waals surface area (Å²) in [5, 5.41) is 9.67. The number of aromatic nitrogens is 2. The highest BCUT2D eigenvalue weighted by atomic mass is 16.5. The van der Waals surface area contributed by atoms with Gasteiger partial charge in [0.25, 0.3) is 0 Å². The summed E-state index contributed by atoms with van der Waals surface area (Å²) in [4.78, 5) is 11.8. The van der Waals surface area contributed by atoms with Crippen LogP contribution in [0.15, 0.2) is 12.3 Å². The van der Waals surface area contributed by atoms with E-state index in [1.807, 2.05) is 0 Å². The molecule has 0 radical (unpaired) electrons. The molecule has 2 N–H and O–H groups in total. The summed E-state index contributed by atoms with van der Waals surface area (Å²) >= 11 is 0. The Kier molecular flexibility index (Phi) is 3.63. The van der Waals surface area contributed by atoms with Crippen LogP contribution < -0.4 is 10.6 Å². The van der Waals surface area contributed by atoms with Crippen LogP contribution in [0.1, 0.15) is 19.3 Å². The molecule has 0 bridgehead atoms. The first kappa shape index (κ1) is 11.9. The first-order valence-corrected chi connectivity index (χ1v) is 5.79. The average molecular weight is 238 g/mol. The molecule has 1 aliphatic rings. The summed E-state index contributed by atoms with van der Waals surface area (Å²) in [6, 6.07) is 1.65. The highest BCUT2D eigenvalue weighted by Crippen LogP contribution is 2.21. The van der Waals surface area contributed by atoms with Crippen molar-refractivity contribution in [3.8, 4) is 0 Å². The number of methoxy groups -OCH3 is 1. The van der Waals surface area contributed by atoms with Crippen LogP contribution in [0, 0.1) is 0 Å².